The summed E-state index contributed by atoms with van der Waals surface area (Å²) in [5.41, 5.74) is 7.36. The monoisotopic (exact) mass is 321 g/mol. The van der Waals surface area contributed by atoms with E-state index in [1.807, 2.05) is 27.7 Å². The smallest absolute Gasteiger partial charge is 0.272 e. The van der Waals surface area contributed by atoms with Crippen LogP contribution in [0, 0.1) is 6.92 Å². The van der Waals surface area contributed by atoms with Gasteiger partial charge in [0.05, 0.1) is 5.69 Å². The van der Waals surface area contributed by atoms with Crippen molar-refractivity contribution in [2.45, 2.75) is 52.7 Å². The SMILES string of the molecule is CCN(CC)C(=O)[C@@H]1C[C@@H](N)CN1C(=O)c1cc(C)nn1CC. The normalized spacial score (nSPS) is 20.8. The van der Waals surface area contributed by atoms with Gasteiger partial charge in [0.2, 0.25) is 5.91 Å². The van der Waals surface area contributed by atoms with Crippen molar-refractivity contribution in [1.82, 2.24) is 19.6 Å². The largest absolute Gasteiger partial charge is 0.341 e. The lowest BCUT2D eigenvalue weighted by molar-refractivity contribution is -0.134. The maximum Gasteiger partial charge on any atom is 0.272 e. The number of nitrogens with two attached hydrogens (primary N) is 1. The summed E-state index contributed by atoms with van der Waals surface area (Å²) in [6, 6.07) is 1.13. The highest BCUT2D eigenvalue weighted by molar-refractivity contribution is 5.97. The minimum absolute atomic E-state index is 0.0180. The third-order valence-corrected chi connectivity index (χ3v) is 4.38. The number of rotatable bonds is 5. The highest BCUT2D eigenvalue weighted by Gasteiger charge is 2.40. The van der Waals surface area contributed by atoms with E-state index in [9.17, 15) is 9.59 Å². The van der Waals surface area contributed by atoms with Crippen LogP contribution in [0.2, 0.25) is 0 Å². The van der Waals surface area contributed by atoms with Crippen molar-refractivity contribution >= 4 is 11.8 Å². The van der Waals surface area contributed by atoms with Crippen LogP contribution in [0.3, 0.4) is 0 Å². The van der Waals surface area contributed by atoms with Crippen LogP contribution in [0.5, 0.6) is 0 Å². The fraction of sp³-hybridized carbons (Fsp3) is 0.688. The van der Waals surface area contributed by atoms with Crippen molar-refractivity contribution < 1.29 is 9.59 Å². The number of amides is 2. The molecule has 1 aliphatic heterocycles. The molecule has 1 aromatic heterocycles. The van der Waals surface area contributed by atoms with Crippen molar-refractivity contribution in [3.63, 3.8) is 0 Å². The molecular formula is C16H27N5O2. The molecule has 2 N–H and O–H groups in total. The first-order valence-corrected chi connectivity index (χ1v) is 8.32. The molecule has 2 amide bonds. The van der Waals surface area contributed by atoms with E-state index in [0.29, 0.717) is 38.3 Å². The average molecular weight is 321 g/mol. The van der Waals surface area contributed by atoms with Gasteiger partial charge in [0, 0.05) is 32.2 Å². The van der Waals surface area contributed by atoms with Gasteiger partial charge in [-0.05, 0) is 40.2 Å². The molecule has 2 atom stereocenters. The van der Waals surface area contributed by atoms with E-state index in [-0.39, 0.29) is 17.9 Å². The minimum atomic E-state index is -0.474. The summed E-state index contributed by atoms with van der Waals surface area (Å²) in [7, 11) is 0. The molecule has 0 saturated carbocycles. The van der Waals surface area contributed by atoms with Crippen molar-refractivity contribution in [3.05, 3.63) is 17.5 Å². The van der Waals surface area contributed by atoms with Crippen molar-refractivity contribution in [2.75, 3.05) is 19.6 Å². The number of aryl methyl sites for hydroxylation is 2. The number of hydrogen-bond donors (Lipinski definition) is 1. The molecule has 0 bridgehead atoms. The number of likely N-dealkylation sites (N-methyl/N-ethyl adjacent to an activating group) is 1. The summed E-state index contributed by atoms with van der Waals surface area (Å²) in [4.78, 5) is 29.0. The van der Waals surface area contributed by atoms with Crippen LogP contribution >= 0.6 is 0 Å². The van der Waals surface area contributed by atoms with E-state index in [4.69, 9.17) is 5.73 Å². The van der Waals surface area contributed by atoms with Gasteiger partial charge in [0.1, 0.15) is 11.7 Å². The molecule has 23 heavy (non-hydrogen) atoms. The number of aromatic nitrogens is 2. The maximum absolute atomic E-state index is 12.9. The first-order chi connectivity index (χ1) is 10.9. The third kappa shape index (κ3) is 3.39. The predicted octanol–water partition coefficient (Wildman–Crippen LogP) is 0.622. The van der Waals surface area contributed by atoms with Crippen LogP contribution < -0.4 is 5.73 Å². The Bertz CT molecular complexity index is 579. The molecule has 2 rings (SSSR count). The molecule has 1 fully saturated rings. The molecule has 1 aliphatic rings. The van der Waals surface area contributed by atoms with E-state index in [0.717, 1.165) is 5.69 Å². The summed E-state index contributed by atoms with van der Waals surface area (Å²) in [5.74, 6) is -0.179. The summed E-state index contributed by atoms with van der Waals surface area (Å²) in [5, 5.41) is 4.32. The number of hydrogen-bond acceptors (Lipinski definition) is 4. The summed E-state index contributed by atoms with van der Waals surface area (Å²) < 4.78 is 1.68. The molecule has 0 radical (unpaired) electrons. The van der Waals surface area contributed by atoms with Crippen LogP contribution in [0.4, 0.5) is 0 Å². The van der Waals surface area contributed by atoms with Gasteiger partial charge >= 0.3 is 0 Å². The Morgan fingerprint density at radius 1 is 1.35 bits per heavy atom. The first kappa shape index (κ1) is 17.5. The molecule has 0 unspecified atom stereocenters. The van der Waals surface area contributed by atoms with Gasteiger partial charge in [-0.15, -0.1) is 0 Å². The Morgan fingerprint density at radius 2 is 2.00 bits per heavy atom. The quantitative estimate of drug-likeness (QED) is 0.862. The van der Waals surface area contributed by atoms with Crippen LogP contribution in [-0.4, -0.2) is 63.1 Å². The first-order valence-electron chi connectivity index (χ1n) is 8.32. The van der Waals surface area contributed by atoms with Gasteiger partial charge < -0.3 is 15.5 Å². The predicted molar refractivity (Wildman–Crippen MR) is 88.0 cm³/mol. The summed E-state index contributed by atoms with van der Waals surface area (Å²) in [6.07, 6.45) is 0.514. The molecule has 0 aromatic carbocycles. The second-order valence-electron chi connectivity index (χ2n) is 5.97. The van der Waals surface area contributed by atoms with E-state index >= 15 is 0 Å². The van der Waals surface area contributed by atoms with Crippen LogP contribution in [0.1, 0.15) is 43.4 Å². The molecule has 1 saturated heterocycles. The number of carbonyl (C=O) groups is 2. The van der Waals surface area contributed by atoms with Crippen LogP contribution in [0.25, 0.3) is 0 Å². The van der Waals surface area contributed by atoms with Gasteiger partial charge in [-0.1, -0.05) is 0 Å². The molecule has 7 heteroatoms. The molecule has 2 heterocycles. The maximum atomic E-state index is 12.9. The second-order valence-corrected chi connectivity index (χ2v) is 5.97. The fourth-order valence-electron chi connectivity index (χ4n) is 3.18. The summed E-state index contributed by atoms with van der Waals surface area (Å²) >= 11 is 0. The highest BCUT2D eigenvalue weighted by Crippen LogP contribution is 2.22. The van der Waals surface area contributed by atoms with Crippen LogP contribution in [0.15, 0.2) is 6.07 Å². The van der Waals surface area contributed by atoms with Crippen molar-refractivity contribution in [3.8, 4) is 0 Å². The Morgan fingerprint density at radius 3 is 2.57 bits per heavy atom. The van der Waals surface area contributed by atoms with Crippen molar-refractivity contribution in [2.24, 2.45) is 5.73 Å². The van der Waals surface area contributed by atoms with E-state index in [1.54, 1.807) is 20.5 Å². The molecule has 1 aromatic rings. The second kappa shape index (κ2) is 7.12. The number of likely N-dealkylation sites (tertiary alicyclic amines) is 1. The molecule has 7 nitrogen and oxygen atoms in total. The summed E-state index contributed by atoms with van der Waals surface area (Å²) in [6.45, 7) is 9.97. The van der Waals surface area contributed by atoms with Crippen molar-refractivity contribution in [1.29, 1.82) is 0 Å². The Kier molecular flexibility index (Phi) is 5.41. The van der Waals surface area contributed by atoms with Gasteiger partial charge in [0.25, 0.3) is 5.91 Å². The Labute approximate surface area is 137 Å². The molecular weight excluding hydrogens is 294 g/mol. The zero-order valence-electron chi connectivity index (χ0n) is 14.5. The van der Waals surface area contributed by atoms with E-state index < -0.39 is 6.04 Å². The van der Waals surface area contributed by atoms with E-state index in [2.05, 4.69) is 5.10 Å². The lowest BCUT2D eigenvalue weighted by Crippen LogP contribution is -2.48. The van der Waals surface area contributed by atoms with Gasteiger partial charge in [-0.25, -0.2) is 0 Å². The topological polar surface area (TPSA) is 84.5 Å². The van der Waals surface area contributed by atoms with E-state index in [1.165, 1.54) is 0 Å². The Hall–Kier alpha value is -1.89. The minimum Gasteiger partial charge on any atom is -0.341 e. The lowest BCUT2D eigenvalue weighted by Gasteiger charge is -2.28. The zero-order valence-corrected chi connectivity index (χ0v) is 14.5. The highest BCUT2D eigenvalue weighted by atomic mass is 16.2. The fourth-order valence-corrected chi connectivity index (χ4v) is 3.18. The molecule has 128 valence electrons. The number of nitrogens with zero attached hydrogens (tertiary/aromatic N) is 4. The molecule has 0 aliphatic carbocycles. The van der Waals surface area contributed by atoms with Gasteiger partial charge in [-0.2, -0.15) is 5.10 Å². The third-order valence-electron chi connectivity index (χ3n) is 4.38. The zero-order chi connectivity index (χ0) is 17.1. The van der Waals surface area contributed by atoms with Crippen LogP contribution in [-0.2, 0) is 11.3 Å². The molecule has 0 spiro atoms. The van der Waals surface area contributed by atoms with Gasteiger partial charge in [0.15, 0.2) is 0 Å². The average Bonchev–Trinajstić information content (AvgIpc) is 3.10. The lowest BCUT2D eigenvalue weighted by atomic mass is 10.1. The van der Waals surface area contributed by atoms with Gasteiger partial charge in [-0.3, -0.25) is 14.3 Å². The number of carbonyl (C=O) groups excluding carboxylic acids is 2. The Balaban J connectivity index is 2.28. The standard InChI is InChI=1S/C16H27N5O2/c1-5-19(6-2)15(22)13-9-12(17)10-20(13)16(23)14-8-11(4)18-21(14)7-3/h8,12-13H,5-7,9-10,17H2,1-4H3/t12-,13+/m1/s1.